The Bertz CT molecular complexity index is 816. The number of esters is 1. The highest BCUT2D eigenvalue weighted by atomic mass is 35.5. The van der Waals surface area contributed by atoms with Crippen LogP contribution in [0, 0.1) is 0 Å². The second-order valence-corrected chi connectivity index (χ2v) is 5.20. The molecule has 0 aliphatic heterocycles. The molecular weight excluding hydrogens is 316 g/mol. The molecule has 0 unspecified atom stereocenters. The molecule has 116 valence electrons. The summed E-state index contributed by atoms with van der Waals surface area (Å²) in [6.45, 7) is 0.105. The van der Waals surface area contributed by atoms with Gasteiger partial charge < -0.3 is 10.5 Å². The normalized spacial score (nSPS) is 10.5. The number of nitrogens with zero attached hydrogens (tertiary/aromatic N) is 3. The third-order valence-corrected chi connectivity index (χ3v) is 3.36. The van der Waals surface area contributed by atoms with Crippen LogP contribution in [-0.4, -0.2) is 21.0 Å². The van der Waals surface area contributed by atoms with Crippen LogP contribution in [0.2, 0.25) is 5.02 Å². The van der Waals surface area contributed by atoms with Crippen LogP contribution in [0.5, 0.6) is 0 Å². The minimum atomic E-state index is -0.625. The fraction of sp³-hybridized carbons (Fsp3) is 0.0625. The number of hydrogen-bond acceptors (Lipinski definition) is 5. The largest absolute Gasteiger partial charge is 0.456 e. The van der Waals surface area contributed by atoms with Crippen LogP contribution in [0.15, 0.2) is 54.6 Å². The first-order valence-corrected chi connectivity index (χ1v) is 7.21. The summed E-state index contributed by atoms with van der Waals surface area (Å²) >= 11 is 5.81. The van der Waals surface area contributed by atoms with Crippen molar-refractivity contribution in [2.75, 3.05) is 5.73 Å². The minimum Gasteiger partial charge on any atom is -0.456 e. The number of anilines is 1. The molecule has 0 saturated heterocycles. The zero-order valence-corrected chi connectivity index (χ0v) is 12.8. The van der Waals surface area contributed by atoms with Crippen LogP contribution in [0.4, 0.5) is 5.82 Å². The minimum absolute atomic E-state index is 0.0113. The molecule has 1 aromatic heterocycles. The van der Waals surface area contributed by atoms with E-state index in [2.05, 4.69) is 10.2 Å². The lowest BCUT2D eigenvalue weighted by Gasteiger charge is -2.03. The van der Waals surface area contributed by atoms with E-state index in [1.165, 1.54) is 4.80 Å². The summed E-state index contributed by atoms with van der Waals surface area (Å²) in [7, 11) is 0. The van der Waals surface area contributed by atoms with E-state index in [9.17, 15) is 4.79 Å². The van der Waals surface area contributed by atoms with Gasteiger partial charge in [-0.1, -0.05) is 41.9 Å². The number of hydrogen-bond donors (Lipinski definition) is 1. The van der Waals surface area contributed by atoms with Crippen molar-refractivity contribution in [3.63, 3.8) is 0 Å². The predicted octanol–water partition coefficient (Wildman–Crippen LogP) is 2.86. The molecule has 0 aliphatic carbocycles. The van der Waals surface area contributed by atoms with Gasteiger partial charge in [-0.05, 0) is 29.8 Å². The molecule has 0 amide bonds. The molecule has 3 rings (SSSR count). The maximum Gasteiger partial charge on any atom is 0.363 e. The summed E-state index contributed by atoms with van der Waals surface area (Å²) in [6, 6.07) is 16.2. The van der Waals surface area contributed by atoms with E-state index in [0.29, 0.717) is 10.7 Å². The van der Waals surface area contributed by atoms with Crippen molar-refractivity contribution in [1.82, 2.24) is 15.0 Å². The Morgan fingerprint density at radius 1 is 1.09 bits per heavy atom. The van der Waals surface area contributed by atoms with Crippen LogP contribution in [0.1, 0.15) is 16.1 Å². The molecule has 2 aromatic carbocycles. The van der Waals surface area contributed by atoms with Crippen molar-refractivity contribution >= 4 is 23.4 Å². The van der Waals surface area contributed by atoms with Gasteiger partial charge in [0, 0.05) is 5.02 Å². The summed E-state index contributed by atoms with van der Waals surface area (Å²) in [5.41, 5.74) is 7.27. The number of rotatable bonds is 4. The lowest BCUT2D eigenvalue weighted by atomic mass is 10.2. The second-order valence-electron chi connectivity index (χ2n) is 4.76. The third kappa shape index (κ3) is 3.49. The molecule has 0 radical (unpaired) electrons. The average molecular weight is 329 g/mol. The Kier molecular flexibility index (Phi) is 4.25. The number of aromatic nitrogens is 3. The van der Waals surface area contributed by atoms with Crippen LogP contribution in [0.3, 0.4) is 0 Å². The van der Waals surface area contributed by atoms with Crippen molar-refractivity contribution in [2.24, 2.45) is 0 Å². The first-order valence-electron chi connectivity index (χ1n) is 6.83. The fourth-order valence-corrected chi connectivity index (χ4v) is 2.06. The van der Waals surface area contributed by atoms with E-state index in [0.717, 1.165) is 5.56 Å². The number of nitrogens with two attached hydrogens (primary N) is 1. The SMILES string of the molecule is Nc1nn(-c2ccccc2)nc1C(=O)OCc1ccc(Cl)cc1. The first kappa shape index (κ1) is 15.1. The summed E-state index contributed by atoms with van der Waals surface area (Å²) in [4.78, 5) is 13.4. The van der Waals surface area contributed by atoms with Crippen LogP contribution < -0.4 is 5.73 Å². The maximum absolute atomic E-state index is 12.1. The van der Waals surface area contributed by atoms with Gasteiger partial charge in [-0.3, -0.25) is 0 Å². The quantitative estimate of drug-likeness (QED) is 0.744. The van der Waals surface area contributed by atoms with Crippen molar-refractivity contribution in [1.29, 1.82) is 0 Å². The summed E-state index contributed by atoms with van der Waals surface area (Å²) in [5.74, 6) is -0.602. The number of carbonyl (C=O) groups is 1. The van der Waals surface area contributed by atoms with Crippen molar-refractivity contribution in [3.8, 4) is 5.69 Å². The standard InChI is InChI=1S/C16H13ClN4O2/c17-12-8-6-11(7-9-12)10-23-16(22)14-15(18)20-21(19-14)13-4-2-1-3-5-13/h1-9H,10H2,(H2,18,20). The lowest BCUT2D eigenvalue weighted by molar-refractivity contribution is 0.0466. The molecule has 0 atom stereocenters. The molecular formula is C16H13ClN4O2. The van der Waals surface area contributed by atoms with E-state index >= 15 is 0 Å². The van der Waals surface area contributed by atoms with Gasteiger partial charge in [-0.25, -0.2) is 4.79 Å². The number of ether oxygens (including phenoxy) is 1. The van der Waals surface area contributed by atoms with Gasteiger partial charge >= 0.3 is 5.97 Å². The molecule has 0 saturated carbocycles. The van der Waals surface area contributed by atoms with Gasteiger partial charge in [-0.15, -0.1) is 15.0 Å². The van der Waals surface area contributed by atoms with Crippen molar-refractivity contribution in [2.45, 2.75) is 6.61 Å². The Hall–Kier alpha value is -2.86. The number of para-hydroxylation sites is 1. The third-order valence-electron chi connectivity index (χ3n) is 3.10. The average Bonchev–Trinajstić information content (AvgIpc) is 2.97. The van der Waals surface area contributed by atoms with Crippen molar-refractivity contribution < 1.29 is 9.53 Å². The van der Waals surface area contributed by atoms with Gasteiger partial charge in [0.05, 0.1) is 5.69 Å². The number of nitrogen functional groups attached to an aromatic ring is 1. The highest BCUT2D eigenvalue weighted by Crippen LogP contribution is 2.14. The van der Waals surface area contributed by atoms with E-state index in [-0.39, 0.29) is 18.1 Å². The zero-order chi connectivity index (χ0) is 16.2. The maximum atomic E-state index is 12.1. The van der Waals surface area contributed by atoms with Gasteiger partial charge in [0.25, 0.3) is 0 Å². The van der Waals surface area contributed by atoms with Gasteiger partial charge in [0.1, 0.15) is 6.61 Å². The van der Waals surface area contributed by atoms with Crippen LogP contribution >= 0.6 is 11.6 Å². The number of halogens is 1. The Morgan fingerprint density at radius 3 is 2.48 bits per heavy atom. The van der Waals surface area contributed by atoms with E-state index < -0.39 is 5.97 Å². The van der Waals surface area contributed by atoms with Gasteiger partial charge in [0.2, 0.25) is 5.69 Å². The monoisotopic (exact) mass is 328 g/mol. The van der Waals surface area contributed by atoms with Crippen molar-refractivity contribution in [3.05, 3.63) is 70.9 Å². The molecule has 3 aromatic rings. The zero-order valence-electron chi connectivity index (χ0n) is 12.0. The smallest absolute Gasteiger partial charge is 0.363 e. The fourth-order valence-electron chi connectivity index (χ4n) is 1.94. The van der Waals surface area contributed by atoms with E-state index in [1.807, 2.05) is 30.3 Å². The van der Waals surface area contributed by atoms with Gasteiger partial charge in [0.15, 0.2) is 5.82 Å². The molecule has 0 fully saturated rings. The highest BCUT2D eigenvalue weighted by molar-refractivity contribution is 6.30. The second kappa shape index (κ2) is 6.50. The van der Waals surface area contributed by atoms with Gasteiger partial charge in [-0.2, -0.15) is 0 Å². The summed E-state index contributed by atoms with van der Waals surface area (Å²) in [5, 5.41) is 8.75. The Labute approximate surface area is 137 Å². The number of carbonyl (C=O) groups excluding carboxylic acids is 1. The number of benzene rings is 2. The Morgan fingerprint density at radius 2 is 1.78 bits per heavy atom. The summed E-state index contributed by atoms with van der Waals surface area (Å²) < 4.78 is 5.21. The molecule has 0 spiro atoms. The molecule has 7 heteroatoms. The van der Waals surface area contributed by atoms with Crippen LogP contribution in [0.25, 0.3) is 5.69 Å². The lowest BCUT2D eigenvalue weighted by Crippen LogP contribution is -2.09. The first-order chi connectivity index (χ1) is 11.1. The Balaban J connectivity index is 1.72. The molecule has 0 bridgehead atoms. The van der Waals surface area contributed by atoms with E-state index in [1.54, 1.807) is 24.3 Å². The molecule has 23 heavy (non-hydrogen) atoms. The van der Waals surface area contributed by atoms with E-state index in [4.69, 9.17) is 22.1 Å². The topological polar surface area (TPSA) is 83.0 Å². The highest BCUT2D eigenvalue weighted by Gasteiger charge is 2.18. The molecule has 6 nitrogen and oxygen atoms in total. The predicted molar refractivity (Wildman–Crippen MR) is 86.3 cm³/mol. The molecule has 2 N–H and O–H groups in total. The van der Waals surface area contributed by atoms with Crippen LogP contribution in [-0.2, 0) is 11.3 Å². The summed E-state index contributed by atoms with van der Waals surface area (Å²) in [6.07, 6.45) is 0. The molecule has 1 heterocycles. The molecule has 0 aliphatic rings.